The van der Waals surface area contributed by atoms with Crippen LogP contribution in [0.15, 0.2) is 35.0 Å². The number of hydrogen-bond donors (Lipinski definition) is 0. The van der Waals surface area contributed by atoms with E-state index in [4.69, 9.17) is 0 Å². The third-order valence-corrected chi connectivity index (χ3v) is 9.71. The molecular formula is C22H33Cl3SiTi. The number of aryl methyl sites for hydroxylation is 2. The van der Waals surface area contributed by atoms with Crippen molar-refractivity contribution >= 4 is 13.3 Å². The average Bonchev–Trinajstić information content (AvgIpc) is 2.98. The van der Waals surface area contributed by atoms with Crippen molar-refractivity contribution in [1.82, 2.24) is 0 Å². The first-order chi connectivity index (χ1) is 11.0. The summed E-state index contributed by atoms with van der Waals surface area (Å²) in [5, 5.41) is 3.25. The molecule has 0 radical (unpaired) electrons. The summed E-state index contributed by atoms with van der Waals surface area (Å²) in [6.07, 6.45) is 13.7. The molecular weight excluding hydrogens is 447 g/mol. The van der Waals surface area contributed by atoms with Crippen molar-refractivity contribution in [1.29, 1.82) is 0 Å². The van der Waals surface area contributed by atoms with Crippen LogP contribution in [-0.2, 0) is 21.7 Å². The third-order valence-electron chi connectivity index (χ3n) is 5.19. The molecule has 0 aromatic heterocycles. The zero-order valence-corrected chi connectivity index (χ0v) is 22.2. The second-order valence-corrected chi connectivity index (χ2v) is 11.6. The Hall–Kier alpha value is 0.501. The molecule has 1 unspecified atom stereocenters. The molecule has 0 saturated heterocycles. The van der Waals surface area contributed by atoms with Crippen LogP contribution in [0.5, 0.6) is 0 Å². The molecule has 0 amide bonds. The molecule has 0 saturated carbocycles. The van der Waals surface area contributed by atoms with Crippen LogP contribution in [-0.4, -0.2) is 8.07 Å². The van der Waals surface area contributed by atoms with E-state index in [9.17, 15) is 0 Å². The maximum atomic E-state index is 3.79. The smallest absolute Gasteiger partial charge is 1.00 e. The van der Waals surface area contributed by atoms with Crippen molar-refractivity contribution in [3.05, 3.63) is 52.2 Å². The summed E-state index contributed by atoms with van der Waals surface area (Å²) in [6.45, 7) is 11.7. The summed E-state index contributed by atoms with van der Waals surface area (Å²) < 4.78 is 0. The SMILES string of the molecule is CCCCC1=CC[C-]=C1[Si](C)(CCCC)c1cc(C)cc(C)c1.[Cl-].[Cl-].[Cl-].[Ti+4]. The van der Waals surface area contributed by atoms with Gasteiger partial charge in [-0.25, -0.2) is 10.8 Å². The summed E-state index contributed by atoms with van der Waals surface area (Å²) >= 11 is 0. The first-order valence-corrected chi connectivity index (χ1v) is 12.1. The second kappa shape index (κ2) is 15.4. The van der Waals surface area contributed by atoms with Crippen LogP contribution in [0, 0.1) is 19.9 Å². The van der Waals surface area contributed by atoms with Crippen LogP contribution in [0.3, 0.4) is 0 Å². The minimum absolute atomic E-state index is 0. The number of hydrogen-bond acceptors (Lipinski definition) is 0. The zero-order valence-electron chi connectivity index (χ0n) is 17.4. The van der Waals surface area contributed by atoms with E-state index in [1.165, 1.54) is 49.3 Å². The van der Waals surface area contributed by atoms with Crippen molar-refractivity contribution in [2.24, 2.45) is 0 Å². The maximum absolute atomic E-state index is 3.79. The van der Waals surface area contributed by atoms with Crippen molar-refractivity contribution in [2.45, 2.75) is 78.8 Å². The normalized spacial score (nSPS) is 14.4. The third kappa shape index (κ3) is 8.41. The quantitative estimate of drug-likeness (QED) is 0.279. The fourth-order valence-corrected chi connectivity index (χ4v) is 8.28. The molecule has 2 rings (SSSR count). The Morgan fingerprint density at radius 1 is 0.926 bits per heavy atom. The second-order valence-electron chi connectivity index (χ2n) is 7.40. The van der Waals surface area contributed by atoms with E-state index in [0.717, 1.165) is 6.42 Å². The number of halogens is 3. The van der Waals surface area contributed by atoms with E-state index in [1.54, 1.807) is 16.0 Å². The molecule has 1 aromatic carbocycles. The van der Waals surface area contributed by atoms with Gasteiger partial charge in [-0.3, -0.25) is 6.08 Å². The molecule has 0 fully saturated rings. The van der Waals surface area contributed by atoms with E-state index in [2.05, 4.69) is 64.6 Å². The number of unbranched alkanes of at least 4 members (excludes halogenated alkanes) is 2. The Morgan fingerprint density at radius 2 is 1.48 bits per heavy atom. The van der Waals surface area contributed by atoms with Gasteiger partial charge in [0.2, 0.25) is 0 Å². The van der Waals surface area contributed by atoms with Gasteiger partial charge in [0, 0.05) is 0 Å². The largest absolute Gasteiger partial charge is 4.00 e. The van der Waals surface area contributed by atoms with Gasteiger partial charge in [0.15, 0.2) is 0 Å². The minimum Gasteiger partial charge on any atom is -1.00 e. The Bertz CT molecular complexity index is 593. The Morgan fingerprint density at radius 3 is 2.00 bits per heavy atom. The summed E-state index contributed by atoms with van der Waals surface area (Å²) in [5.74, 6) is 0. The number of benzene rings is 1. The molecule has 0 aliphatic heterocycles. The van der Waals surface area contributed by atoms with Gasteiger partial charge in [-0.15, -0.1) is 6.42 Å². The van der Waals surface area contributed by atoms with Gasteiger partial charge < -0.3 is 37.2 Å². The molecule has 0 nitrogen and oxygen atoms in total. The Kier molecular flexibility index (Phi) is 18.3. The maximum Gasteiger partial charge on any atom is 4.00 e. The molecule has 1 aliphatic rings. The molecule has 5 heteroatoms. The fourth-order valence-electron chi connectivity index (χ4n) is 3.87. The van der Waals surface area contributed by atoms with Crippen LogP contribution in [0.1, 0.15) is 63.5 Å². The van der Waals surface area contributed by atoms with Crippen LogP contribution in [0.25, 0.3) is 0 Å². The summed E-state index contributed by atoms with van der Waals surface area (Å²) in [5.41, 5.74) is 4.44. The average molecular weight is 480 g/mol. The van der Waals surface area contributed by atoms with Crippen molar-refractivity contribution in [2.75, 3.05) is 0 Å². The van der Waals surface area contributed by atoms with Crippen LogP contribution >= 0.6 is 0 Å². The summed E-state index contributed by atoms with van der Waals surface area (Å²) in [4.78, 5) is 0. The first-order valence-electron chi connectivity index (χ1n) is 9.40. The van der Waals surface area contributed by atoms with Gasteiger partial charge in [0.05, 0.1) is 8.07 Å². The summed E-state index contributed by atoms with van der Waals surface area (Å²) in [7, 11) is -1.65. The molecule has 0 spiro atoms. The Labute approximate surface area is 202 Å². The fraction of sp³-hybridized carbons (Fsp3) is 0.545. The van der Waals surface area contributed by atoms with Crippen molar-refractivity contribution < 1.29 is 58.9 Å². The van der Waals surface area contributed by atoms with E-state index >= 15 is 0 Å². The number of rotatable bonds is 8. The van der Waals surface area contributed by atoms with Crippen LogP contribution < -0.4 is 42.4 Å². The van der Waals surface area contributed by atoms with Gasteiger partial charge in [-0.1, -0.05) is 93.1 Å². The Balaban J connectivity index is -0.00000144. The topological polar surface area (TPSA) is 0 Å². The summed E-state index contributed by atoms with van der Waals surface area (Å²) in [6, 6.07) is 8.58. The van der Waals surface area contributed by atoms with Crippen LogP contribution in [0.2, 0.25) is 12.6 Å². The van der Waals surface area contributed by atoms with E-state index in [1.807, 2.05) is 0 Å². The first kappa shape index (κ1) is 32.2. The van der Waals surface area contributed by atoms with Gasteiger partial charge >= 0.3 is 21.7 Å². The molecule has 0 bridgehead atoms. The zero-order chi connectivity index (χ0) is 16.9. The molecule has 1 aromatic rings. The standard InChI is InChI=1S/C22H33Si.3ClH.Ti/c1-6-8-11-20-12-10-13-22(20)23(5,14-9-7-2)21-16-18(3)15-19(4)17-21;;;;/h12,15-17H,6-11,14H2,1-5H3;3*1H;/q-1;;;;+4/p-3. The predicted molar refractivity (Wildman–Crippen MR) is 106 cm³/mol. The number of allylic oxidation sites excluding steroid dienone is 4. The van der Waals surface area contributed by atoms with E-state index in [0.29, 0.717) is 0 Å². The van der Waals surface area contributed by atoms with Gasteiger partial charge in [-0.2, -0.15) is 6.08 Å². The van der Waals surface area contributed by atoms with Crippen molar-refractivity contribution in [3.8, 4) is 0 Å². The molecule has 27 heavy (non-hydrogen) atoms. The van der Waals surface area contributed by atoms with E-state index < -0.39 is 8.07 Å². The molecule has 0 N–H and O–H groups in total. The minimum atomic E-state index is -1.65. The van der Waals surface area contributed by atoms with Gasteiger partial charge in [-0.05, 0) is 13.8 Å². The van der Waals surface area contributed by atoms with Gasteiger partial charge in [0.25, 0.3) is 0 Å². The molecule has 1 aliphatic carbocycles. The van der Waals surface area contributed by atoms with E-state index in [-0.39, 0.29) is 58.9 Å². The van der Waals surface area contributed by atoms with Gasteiger partial charge in [0.1, 0.15) is 0 Å². The van der Waals surface area contributed by atoms with Crippen molar-refractivity contribution in [3.63, 3.8) is 0 Å². The monoisotopic (exact) mass is 478 g/mol. The molecule has 150 valence electrons. The molecule has 0 heterocycles. The molecule has 1 atom stereocenters. The predicted octanol–water partition coefficient (Wildman–Crippen LogP) is -2.81. The van der Waals surface area contributed by atoms with Crippen LogP contribution in [0.4, 0.5) is 0 Å².